The molecule has 1 aliphatic heterocycles. The largest absolute Gasteiger partial charge is 0.497 e. The van der Waals surface area contributed by atoms with E-state index in [4.69, 9.17) is 9.47 Å². The Morgan fingerprint density at radius 1 is 1.04 bits per heavy atom. The lowest BCUT2D eigenvalue weighted by molar-refractivity contribution is -0.137. The topological polar surface area (TPSA) is 38.8 Å². The number of rotatable bonds is 5. The average molecular weight is 337 g/mol. The first-order chi connectivity index (χ1) is 12.2. The van der Waals surface area contributed by atoms with Gasteiger partial charge < -0.3 is 14.4 Å². The molecule has 1 amide bonds. The van der Waals surface area contributed by atoms with E-state index >= 15 is 0 Å². The standard InChI is InChI=1S/C21H23NO3/c1-16(25-20-10-8-19(24-2)9-11-20)21(23)22-14-12-18(13-15-22)17-6-4-3-5-7-17/h3-12,16H,13-15H2,1-2H3. The number of amides is 1. The fraction of sp³-hybridized carbons (Fsp3) is 0.286. The number of carbonyl (C=O) groups is 1. The summed E-state index contributed by atoms with van der Waals surface area (Å²) in [7, 11) is 1.62. The van der Waals surface area contributed by atoms with Crippen molar-refractivity contribution in [2.24, 2.45) is 0 Å². The van der Waals surface area contributed by atoms with E-state index in [1.165, 1.54) is 11.1 Å². The minimum Gasteiger partial charge on any atom is -0.497 e. The smallest absolute Gasteiger partial charge is 0.263 e. The molecule has 4 heteroatoms. The van der Waals surface area contributed by atoms with E-state index < -0.39 is 6.10 Å². The lowest BCUT2D eigenvalue weighted by Crippen LogP contribution is -2.42. The summed E-state index contributed by atoms with van der Waals surface area (Å²) < 4.78 is 10.9. The van der Waals surface area contributed by atoms with Crippen LogP contribution < -0.4 is 9.47 Å². The fourth-order valence-corrected chi connectivity index (χ4v) is 2.95. The third-order valence-corrected chi connectivity index (χ3v) is 4.39. The molecular formula is C21H23NO3. The van der Waals surface area contributed by atoms with Gasteiger partial charge in [-0.3, -0.25) is 4.79 Å². The molecule has 0 radical (unpaired) electrons. The summed E-state index contributed by atoms with van der Waals surface area (Å²) in [5.74, 6) is 1.44. The molecule has 0 spiro atoms. The molecule has 2 aromatic rings. The van der Waals surface area contributed by atoms with Crippen LogP contribution in [0.15, 0.2) is 60.7 Å². The van der Waals surface area contributed by atoms with Crippen molar-refractivity contribution in [3.8, 4) is 11.5 Å². The molecule has 0 N–H and O–H groups in total. The number of methoxy groups -OCH3 is 1. The SMILES string of the molecule is COc1ccc(OC(C)C(=O)N2CC=C(c3ccccc3)CC2)cc1. The summed E-state index contributed by atoms with van der Waals surface area (Å²) in [6, 6.07) is 17.6. The molecule has 2 aromatic carbocycles. The third kappa shape index (κ3) is 4.21. The zero-order valence-electron chi connectivity index (χ0n) is 14.6. The molecule has 0 bridgehead atoms. The summed E-state index contributed by atoms with van der Waals surface area (Å²) in [6.45, 7) is 3.14. The Kier molecular flexibility index (Phi) is 5.39. The van der Waals surface area contributed by atoms with Crippen LogP contribution in [0.5, 0.6) is 11.5 Å². The lowest BCUT2D eigenvalue weighted by Gasteiger charge is -2.29. The van der Waals surface area contributed by atoms with E-state index in [1.54, 1.807) is 14.0 Å². The Balaban J connectivity index is 1.58. The maximum atomic E-state index is 12.6. The van der Waals surface area contributed by atoms with Crippen LogP contribution >= 0.6 is 0 Å². The summed E-state index contributed by atoms with van der Waals surface area (Å²) >= 11 is 0. The van der Waals surface area contributed by atoms with E-state index in [9.17, 15) is 4.79 Å². The Bertz CT molecular complexity index is 737. The molecule has 0 fully saturated rings. The zero-order chi connectivity index (χ0) is 17.6. The van der Waals surface area contributed by atoms with Crippen molar-refractivity contribution in [3.63, 3.8) is 0 Å². The van der Waals surface area contributed by atoms with Crippen LogP contribution in [0.1, 0.15) is 18.9 Å². The summed E-state index contributed by atoms with van der Waals surface area (Å²) in [4.78, 5) is 14.5. The maximum Gasteiger partial charge on any atom is 0.263 e. The van der Waals surface area contributed by atoms with Crippen LogP contribution in [-0.4, -0.2) is 37.1 Å². The first-order valence-corrected chi connectivity index (χ1v) is 8.51. The molecule has 4 nitrogen and oxygen atoms in total. The van der Waals surface area contributed by atoms with Crippen molar-refractivity contribution < 1.29 is 14.3 Å². The molecule has 3 rings (SSSR count). The van der Waals surface area contributed by atoms with Crippen molar-refractivity contribution in [1.29, 1.82) is 0 Å². The van der Waals surface area contributed by atoms with Crippen molar-refractivity contribution >= 4 is 11.5 Å². The van der Waals surface area contributed by atoms with E-state index in [2.05, 4.69) is 18.2 Å². The van der Waals surface area contributed by atoms with Crippen LogP contribution in [0.25, 0.3) is 5.57 Å². The second-order valence-corrected chi connectivity index (χ2v) is 6.07. The number of carbonyl (C=O) groups excluding carboxylic acids is 1. The number of ether oxygens (including phenoxy) is 2. The molecular weight excluding hydrogens is 314 g/mol. The van der Waals surface area contributed by atoms with Gasteiger partial charge in [-0.05, 0) is 48.7 Å². The average Bonchev–Trinajstić information content (AvgIpc) is 2.69. The predicted molar refractivity (Wildman–Crippen MR) is 98.7 cm³/mol. The molecule has 0 saturated carbocycles. The van der Waals surface area contributed by atoms with Gasteiger partial charge in [0.1, 0.15) is 11.5 Å². The van der Waals surface area contributed by atoms with Crippen LogP contribution in [0.2, 0.25) is 0 Å². The van der Waals surface area contributed by atoms with Crippen LogP contribution in [-0.2, 0) is 4.79 Å². The highest BCUT2D eigenvalue weighted by Crippen LogP contribution is 2.23. The molecule has 1 heterocycles. The van der Waals surface area contributed by atoms with Crippen LogP contribution in [0, 0.1) is 0 Å². The molecule has 130 valence electrons. The Hall–Kier alpha value is -2.75. The van der Waals surface area contributed by atoms with E-state index in [1.807, 2.05) is 47.4 Å². The lowest BCUT2D eigenvalue weighted by atomic mass is 9.99. The quantitative estimate of drug-likeness (QED) is 0.833. The first kappa shape index (κ1) is 17.1. The highest BCUT2D eigenvalue weighted by molar-refractivity contribution is 5.82. The van der Waals surface area contributed by atoms with Crippen molar-refractivity contribution in [1.82, 2.24) is 4.90 Å². The van der Waals surface area contributed by atoms with Gasteiger partial charge in [0.15, 0.2) is 6.10 Å². The molecule has 1 atom stereocenters. The Morgan fingerprint density at radius 3 is 2.32 bits per heavy atom. The fourth-order valence-electron chi connectivity index (χ4n) is 2.95. The van der Waals surface area contributed by atoms with Gasteiger partial charge in [-0.25, -0.2) is 0 Å². The maximum absolute atomic E-state index is 12.6. The number of benzene rings is 2. The summed E-state index contributed by atoms with van der Waals surface area (Å²) in [6.07, 6.45) is 2.49. The molecule has 0 saturated heterocycles. The van der Waals surface area contributed by atoms with Gasteiger partial charge in [0.25, 0.3) is 5.91 Å². The highest BCUT2D eigenvalue weighted by Gasteiger charge is 2.24. The summed E-state index contributed by atoms with van der Waals surface area (Å²) in [5, 5.41) is 0. The van der Waals surface area contributed by atoms with Gasteiger partial charge in [-0.15, -0.1) is 0 Å². The van der Waals surface area contributed by atoms with Crippen molar-refractivity contribution in [3.05, 3.63) is 66.2 Å². The normalized spacial score (nSPS) is 15.3. The summed E-state index contributed by atoms with van der Waals surface area (Å²) in [5.41, 5.74) is 2.53. The Morgan fingerprint density at radius 2 is 1.72 bits per heavy atom. The number of hydrogen-bond acceptors (Lipinski definition) is 3. The van der Waals surface area contributed by atoms with E-state index in [0.29, 0.717) is 12.3 Å². The predicted octanol–water partition coefficient (Wildman–Crippen LogP) is 3.78. The second kappa shape index (κ2) is 7.88. The Labute approximate surface area is 148 Å². The third-order valence-electron chi connectivity index (χ3n) is 4.39. The molecule has 1 unspecified atom stereocenters. The van der Waals surface area contributed by atoms with Crippen LogP contribution in [0.4, 0.5) is 0 Å². The first-order valence-electron chi connectivity index (χ1n) is 8.51. The highest BCUT2D eigenvalue weighted by atomic mass is 16.5. The number of hydrogen-bond donors (Lipinski definition) is 0. The second-order valence-electron chi connectivity index (χ2n) is 6.07. The van der Waals surface area contributed by atoms with Crippen molar-refractivity contribution in [2.45, 2.75) is 19.4 Å². The van der Waals surface area contributed by atoms with Gasteiger partial charge in [-0.2, -0.15) is 0 Å². The molecule has 25 heavy (non-hydrogen) atoms. The molecule has 0 aliphatic carbocycles. The van der Waals surface area contributed by atoms with E-state index in [-0.39, 0.29) is 5.91 Å². The minimum absolute atomic E-state index is 0.0131. The van der Waals surface area contributed by atoms with Gasteiger partial charge in [0, 0.05) is 13.1 Å². The van der Waals surface area contributed by atoms with E-state index in [0.717, 1.165) is 18.7 Å². The van der Waals surface area contributed by atoms with Gasteiger partial charge in [-0.1, -0.05) is 36.4 Å². The van der Waals surface area contributed by atoms with Gasteiger partial charge >= 0.3 is 0 Å². The molecule has 0 aromatic heterocycles. The van der Waals surface area contributed by atoms with Gasteiger partial charge in [0.05, 0.1) is 7.11 Å². The minimum atomic E-state index is -0.514. The van der Waals surface area contributed by atoms with Gasteiger partial charge in [0.2, 0.25) is 0 Å². The number of nitrogens with zero attached hydrogens (tertiary/aromatic N) is 1. The monoisotopic (exact) mass is 337 g/mol. The van der Waals surface area contributed by atoms with Crippen LogP contribution in [0.3, 0.4) is 0 Å². The van der Waals surface area contributed by atoms with Crippen molar-refractivity contribution in [2.75, 3.05) is 20.2 Å². The molecule has 1 aliphatic rings. The zero-order valence-corrected chi connectivity index (χ0v) is 14.6.